The monoisotopic (exact) mass is 208 g/mol. The summed E-state index contributed by atoms with van der Waals surface area (Å²) < 4.78 is 0. The van der Waals surface area contributed by atoms with Gasteiger partial charge in [-0.15, -0.1) is 0 Å². The predicted molar refractivity (Wildman–Crippen MR) is 53.8 cm³/mol. The third kappa shape index (κ3) is 2.34. The number of carboxylic acid groups (broad SMARTS) is 1. The Kier molecular flexibility index (Phi) is 2.66. The molecule has 2 rings (SSSR count). The maximum absolute atomic E-state index is 10.4. The second-order valence-corrected chi connectivity index (χ2v) is 3.43. The van der Waals surface area contributed by atoms with E-state index in [2.05, 4.69) is 15.3 Å². The summed E-state index contributed by atoms with van der Waals surface area (Å²) in [6.45, 7) is 1.42. The van der Waals surface area contributed by atoms with Crippen LogP contribution in [-0.4, -0.2) is 40.3 Å². The van der Waals surface area contributed by atoms with E-state index in [4.69, 9.17) is 5.11 Å². The van der Waals surface area contributed by atoms with Gasteiger partial charge in [0.2, 0.25) is 5.95 Å². The highest BCUT2D eigenvalue weighted by Crippen LogP contribution is 2.14. The number of hydrogen-bond acceptors (Lipinski definition) is 4. The van der Waals surface area contributed by atoms with Crippen molar-refractivity contribution in [2.75, 3.05) is 18.0 Å². The topological polar surface area (TPSA) is 78.4 Å². The second kappa shape index (κ2) is 4.12. The van der Waals surface area contributed by atoms with E-state index >= 15 is 0 Å². The molecule has 0 radical (unpaired) electrons. The first kappa shape index (κ1) is 9.70. The zero-order chi connectivity index (χ0) is 10.7. The maximum Gasteiger partial charge on any atom is 0.404 e. The van der Waals surface area contributed by atoms with Crippen molar-refractivity contribution in [1.29, 1.82) is 0 Å². The molecule has 6 nitrogen and oxygen atoms in total. The van der Waals surface area contributed by atoms with E-state index in [1.165, 1.54) is 0 Å². The smallest absolute Gasteiger partial charge is 0.404 e. The quantitative estimate of drug-likeness (QED) is 0.732. The van der Waals surface area contributed by atoms with Gasteiger partial charge >= 0.3 is 6.09 Å². The minimum atomic E-state index is -0.976. The number of nitrogens with one attached hydrogen (secondary N) is 1. The fourth-order valence-corrected chi connectivity index (χ4v) is 1.69. The Labute approximate surface area is 87.0 Å². The van der Waals surface area contributed by atoms with Gasteiger partial charge in [-0.25, -0.2) is 14.8 Å². The van der Waals surface area contributed by atoms with Crippen LogP contribution in [-0.2, 0) is 0 Å². The third-order valence-corrected chi connectivity index (χ3v) is 2.35. The standard InChI is InChI=1S/C9H12N4O2/c14-9(15)12-7-2-5-13(6-7)8-10-3-1-4-11-8/h1,3-4,7,12H,2,5-6H2,(H,14,15)/t7-/m0/s1. The largest absolute Gasteiger partial charge is 0.465 e. The normalized spacial score (nSPS) is 20.3. The number of hydrogen-bond donors (Lipinski definition) is 2. The van der Waals surface area contributed by atoms with Crippen LogP contribution in [0.15, 0.2) is 18.5 Å². The van der Waals surface area contributed by atoms with Crippen molar-refractivity contribution < 1.29 is 9.90 Å². The predicted octanol–water partition coefficient (Wildman–Crippen LogP) is 0.323. The molecule has 0 unspecified atom stereocenters. The highest BCUT2D eigenvalue weighted by atomic mass is 16.4. The Morgan fingerprint density at radius 2 is 2.27 bits per heavy atom. The molecule has 0 aromatic carbocycles. The lowest BCUT2D eigenvalue weighted by molar-refractivity contribution is 0.191. The molecular formula is C9H12N4O2. The SMILES string of the molecule is O=C(O)N[C@H]1CCN(c2ncccn2)C1. The lowest BCUT2D eigenvalue weighted by Gasteiger charge is -2.15. The van der Waals surface area contributed by atoms with E-state index in [1.807, 2.05) is 4.90 Å². The molecule has 1 atom stereocenters. The molecule has 0 bridgehead atoms. The molecule has 1 aromatic heterocycles. The first-order valence-electron chi connectivity index (χ1n) is 4.77. The highest BCUT2D eigenvalue weighted by molar-refractivity contribution is 5.65. The Morgan fingerprint density at radius 3 is 2.93 bits per heavy atom. The average Bonchev–Trinajstić information content (AvgIpc) is 2.67. The van der Waals surface area contributed by atoms with E-state index in [-0.39, 0.29) is 6.04 Å². The molecule has 6 heteroatoms. The zero-order valence-electron chi connectivity index (χ0n) is 8.13. The van der Waals surface area contributed by atoms with E-state index < -0.39 is 6.09 Å². The molecule has 1 aromatic rings. The molecule has 0 aliphatic carbocycles. The van der Waals surface area contributed by atoms with Crippen molar-refractivity contribution >= 4 is 12.0 Å². The maximum atomic E-state index is 10.4. The summed E-state index contributed by atoms with van der Waals surface area (Å²) in [7, 11) is 0. The average molecular weight is 208 g/mol. The molecule has 1 aliphatic rings. The van der Waals surface area contributed by atoms with Gasteiger partial charge in [-0.2, -0.15) is 0 Å². The van der Waals surface area contributed by atoms with Crippen molar-refractivity contribution in [1.82, 2.24) is 15.3 Å². The molecule has 80 valence electrons. The summed E-state index contributed by atoms with van der Waals surface area (Å²) in [5.41, 5.74) is 0. The fraction of sp³-hybridized carbons (Fsp3) is 0.444. The second-order valence-electron chi connectivity index (χ2n) is 3.43. The number of amides is 1. The van der Waals surface area contributed by atoms with Gasteiger partial charge in [0.25, 0.3) is 0 Å². The lowest BCUT2D eigenvalue weighted by atomic mass is 10.3. The first-order valence-corrected chi connectivity index (χ1v) is 4.77. The van der Waals surface area contributed by atoms with Gasteiger partial charge in [0.15, 0.2) is 0 Å². The summed E-state index contributed by atoms with van der Waals surface area (Å²) in [6.07, 6.45) is 3.18. The number of nitrogens with zero attached hydrogens (tertiary/aromatic N) is 3. The van der Waals surface area contributed by atoms with Crippen LogP contribution >= 0.6 is 0 Å². The summed E-state index contributed by atoms with van der Waals surface area (Å²) in [4.78, 5) is 20.6. The van der Waals surface area contributed by atoms with Crippen LogP contribution in [0.25, 0.3) is 0 Å². The molecule has 1 fully saturated rings. The van der Waals surface area contributed by atoms with Gasteiger partial charge in [-0.05, 0) is 12.5 Å². The van der Waals surface area contributed by atoms with E-state index in [9.17, 15) is 4.79 Å². The van der Waals surface area contributed by atoms with Crippen molar-refractivity contribution in [2.24, 2.45) is 0 Å². The minimum absolute atomic E-state index is 0.0219. The molecule has 1 amide bonds. The molecule has 1 aliphatic heterocycles. The van der Waals surface area contributed by atoms with Crippen LogP contribution in [0.2, 0.25) is 0 Å². The lowest BCUT2D eigenvalue weighted by Crippen LogP contribution is -2.36. The van der Waals surface area contributed by atoms with Gasteiger partial charge in [0.05, 0.1) is 6.04 Å². The van der Waals surface area contributed by atoms with Crippen molar-refractivity contribution in [2.45, 2.75) is 12.5 Å². The van der Waals surface area contributed by atoms with Gasteiger partial charge in [-0.1, -0.05) is 0 Å². The number of aromatic nitrogens is 2. The Hall–Kier alpha value is -1.85. The van der Waals surface area contributed by atoms with Crippen LogP contribution in [0.1, 0.15) is 6.42 Å². The molecular weight excluding hydrogens is 196 g/mol. The highest BCUT2D eigenvalue weighted by Gasteiger charge is 2.24. The summed E-state index contributed by atoms with van der Waals surface area (Å²) in [6, 6.07) is 1.73. The molecule has 0 spiro atoms. The van der Waals surface area contributed by atoms with Gasteiger partial charge in [0.1, 0.15) is 0 Å². The van der Waals surface area contributed by atoms with E-state index in [0.717, 1.165) is 13.0 Å². The number of carbonyl (C=O) groups is 1. The van der Waals surface area contributed by atoms with Gasteiger partial charge in [0, 0.05) is 25.5 Å². The number of anilines is 1. The summed E-state index contributed by atoms with van der Waals surface area (Å²) in [5.74, 6) is 0.659. The summed E-state index contributed by atoms with van der Waals surface area (Å²) in [5, 5.41) is 11.0. The van der Waals surface area contributed by atoms with E-state index in [0.29, 0.717) is 12.5 Å². The van der Waals surface area contributed by atoms with Gasteiger partial charge < -0.3 is 15.3 Å². The van der Waals surface area contributed by atoms with Crippen molar-refractivity contribution in [3.63, 3.8) is 0 Å². The molecule has 1 saturated heterocycles. The Bertz CT molecular complexity index is 343. The molecule has 0 saturated carbocycles. The van der Waals surface area contributed by atoms with E-state index in [1.54, 1.807) is 18.5 Å². The van der Waals surface area contributed by atoms with Crippen LogP contribution in [0.4, 0.5) is 10.7 Å². The molecule has 2 heterocycles. The summed E-state index contributed by atoms with van der Waals surface area (Å²) >= 11 is 0. The van der Waals surface area contributed by atoms with Crippen LogP contribution < -0.4 is 10.2 Å². The van der Waals surface area contributed by atoms with Gasteiger partial charge in [-0.3, -0.25) is 0 Å². The third-order valence-electron chi connectivity index (χ3n) is 2.35. The Balaban J connectivity index is 1.96. The Morgan fingerprint density at radius 1 is 1.53 bits per heavy atom. The zero-order valence-corrected chi connectivity index (χ0v) is 8.13. The van der Waals surface area contributed by atoms with Crippen LogP contribution in [0.5, 0.6) is 0 Å². The molecule has 15 heavy (non-hydrogen) atoms. The van der Waals surface area contributed by atoms with Crippen LogP contribution in [0.3, 0.4) is 0 Å². The minimum Gasteiger partial charge on any atom is -0.465 e. The number of rotatable bonds is 2. The van der Waals surface area contributed by atoms with Crippen molar-refractivity contribution in [3.8, 4) is 0 Å². The first-order chi connectivity index (χ1) is 7.25. The fourth-order valence-electron chi connectivity index (χ4n) is 1.69. The van der Waals surface area contributed by atoms with Crippen LogP contribution in [0, 0.1) is 0 Å². The van der Waals surface area contributed by atoms with Crippen molar-refractivity contribution in [3.05, 3.63) is 18.5 Å². The molecule has 2 N–H and O–H groups in total.